The Kier molecular flexibility index (Phi) is 8.53. The van der Waals surface area contributed by atoms with Gasteiger partial charge in [-0.25, -0.2) is 4.39 Å². The van der Waals surface area contributed by atoms with Crippen LogP contribution in [-0.2, 0) is 16.0 Å². The van der Waals surface area contributed by atoms with Crippen LogP contribution in [0.15, 0.2) is 72.8 Å². The van der Waals surface area contributed by atoms with E-state index in [1.54, 1.807) is 55.6 Å². The van der Waals surface area contributed by atoms with Crippen molar-refractivity contribution >= 4 is 45.9 Å². The van der Waals surface area contributed by atoms with Crippen LogP contribution >= 0.6 is 22.6 Å². The number of carbonyl (C=O) groups is 3. The van der Waals surface area contributed by atoms with Crippen molar-refractivity contribution in [2.24, 2.45) is 0 Å². The zero-order valence-corrected chi connectivity index (χ0v) is 20.0. The summed E-state index contributed by atoms with van der Waals surface area (Å²) in [7, 11) is 1.63. The summed E-state index contributed by atoms with van der Waals surface area (Å²) in [5.74, 6) is -1.36. The maximum atomic E-state index is 14.0. The molecular formula is C25H22FIN2O4. The number of nitrogens with zero attached hydrogens (tertiary/aromatic N) is 1. The van der Waals surface area contributed by atoms with Gasteiger partial charge in [0.25, 0.3) is 5.91 Å². The van der Waals surface area contributed by atoms with Crippen molar-refractivity contribution < 1.29 is 23.5 Å². The quantitative estimate of drug-likeness (QED) is 0.402. The number of rotatable bonds is 9. The van der Waals surface area contributed by atoms with Gasteiger partial charge >= 0.3 is 0 Å². The summed E-state index contributed by atoms with van der Waals surface area (Å²) in [5, 5.41) is 2.58. The van der Waals surface area contributed by atoms with E-state index in [1.807, 2.05) is 40.8 Å². The molecule has 0 heterocycles. The van der Waals surface area contributed by atoms with E-state index in [2.05, 4.69) is 5.32 Å². The molecule has 2 amide bonds. The van der Waals surface area contributed by atoms with Crippen molar-refractivity contribution in [2.45, 2.75) is 6.42 Å². The number of amides is 2. The van der Waals surface area contributed by atoms with Crippen LogP contribution in [0.2, 0.25) is 0 Å². The minimum absolute atomic E-state index is 0.114. The van der Waals surface area contributed by atoms with Crippen LogP contribution in [0, 0.1) is 9.39 Å². The van der Waals surface area contributed by atoms with Crippen LogP contribution < -0.4 is 15.0 Å². The average Bonchev–Trinajstić information content (AvgIpc) is 2.83. The van der Waals surface area contributed by atoms with Gasteiger partial charge in [0, 0.05) is 22.7 Å². The lowest BCUT2D eigenvalue weighted by Crippen LogP contribution is -2.38. The highest BCUT2D eigenvalue weighted by Gasteiger charge is 2.17. The lowest BCUT2D eigenvalue weighted by molar-refractivity contribution is -0.120. The summed E-state index contributed by atoms with van der Waals surface area (Å²) in [5.41, 5.74) is 1.19. The first-order valence-corrected chi connectivity index (χ1v) is 11.2. The van der Waals surface area contributed by atoms with Crippen LogP contribution in [0.4, 0.5) is 10.1 Å². The molecule has 3 rings (SSSR count). The molecule has 3 aromatic carbocycles. The second-order valence-corrected chi connectivity index (χ2v) is 8.45. The van der Waals surface area contributed by atoms with Crippen LogP contribution in [-0.4, -0.2) is 37.8 Å². The number of ether oxygens (including phenoxy) is 1. The van der Waals surface area contributed by atoms with Gasteiger partial charge in [0.15, 0.2) is 5.78 Å². The summed E-state index contributed by atoms with van der Waals surface area (Å²) >= 11 is 2.00. The Balaban J connectivity index is 1.57. The molecule has 0 fully saturated rings. The van der Waals surface area contributed by atoms with E-state index >= 15 is 0 Å². The van der Waals surface area contributed by atoms with Crippen LogP contribution in [0.25, 0.3) is 0 Å². The Hall–Kier alpha value is -3.27. The molecule has 1 N–H and O–H groups in total. The molecule has 0 atom stereocenters. The maximum absolute atomic E-state index is 14.0. The molecular weight excluding hydrogens is 538 g/mol. The fraction of sp³-hybridized carbons (Fsp3) is 0.160. The first-order chi connectivity index (χ1) is 15.8. The third-order valence-electron chi connectivity index (χ3n) is 4.84. The number of hydrogen-bond acceptors (Lipinski definition) is 4. The third-order valence-corrected chi connectivity index (χ3v) is 5.51. The lowest BCUT2D eigenvalue weighted by atomic mass is 10.1. The van der Waals surface area contributed by atoms with E-state index in [-0.39, 0.29) is 48.1 Å². The number of anilines is 1. The topological polar surface area (TPSA) is 75.7 Å². The largest absolute Gasteiger partial charge is 0.485 e. The smallest absolute Gasteiger partial charge is 0.255 e. The Morgan fingerprint density at radius 3 is 2.42 bits per heavy atom. The van der Waals surface area contributed by atoms with Crippen molar-refractivity contribution in [1.29, 1.82) is 0 Å². The van der Waals surface area contributed by atoms with Gasteiger partial charge in [-0.05, 0) is 64.6 Å². The number of benzene rings is 3. The van der Waals surface area contributed by atoms with E-state index in [0.717, 1.165) is 3.57 Å². The molecule has 0 aliphatic heterocycles. The number of para-hydroxylation sites is 2. The summed E-state index contributed by atoms with van der Waals surface area (Å²) in [6, 6.07) is 20.2. The third kappa shape index (κ3) is 6.85. The predicted octanol–water partition coefficient (Wildman–Crippen LogP) is 4.01. The van der Waals surface area contributed by atoms with Crippen molar-refractivity contribution in [1.82, 2.24) is 5.32 Å². The lowest BCUT2D eigenvalue weighted by Gasteiger charge is -2.18. The van der Waals surface area contributed by atoms with Crippen LogP contribution in [0.3, 0.4) is 0 Å². The highest BCUT2D eigenvalue weighted by molar-refractivity contribution is 14.1. The SMILES string of the molecule is CN(C(=O)CNC(=O)c1ccccc1OCC(=O)Cc1ccc(I)cc1F)c1ccccc1. The molecule has 6 nitrogen and oxygen atoms in total. The fourth-order valence-electron chi connectivity index (χ4n) is 3.03. The van der Waals surface area contributed by atoms with Gasteiger partial charge in [-0.15, -0.1) is 0 Å². The molecule has 0 aliphatic rings. The molecule has 0 bridgehead atoms. The molecule has 0 aromatic heterocycles. The molecule has 0 saturated carbocycles. The van der Waals surface area contributed by atoms with Gasteiger partial charge in [0.2, 0.25) is 5.91 Å². The first kappa shape index (κ1) is 24.4. The number of halogens is 2. The molecule has 0 unspecified atom stereocenters. The second kappa shape index (κ2) is 11.6. The second-order valence-electron chi connectivity index (χ2n) is 7.21. The Labute approximate surface area is 204 Å². The van der Waals surface area contributed by atoms with Gasteiger partial charge in [-0.2, -0.15) is 0 Å². The first-order valence-electron chi connectivity index (χ1n) is 10.1. The van der Waals surface area contributed by atoms with Gasteiger partial charge < -0.3 is 15.0 Å². The monoisotopic (exact) mass is 560 g/mol. The van der Waals surface area contributed by atoms with Gasteiger partial charge in [0.05, 0.1) is 12.1 Å². The summed E-state index contributed by atoms with van der Waals surface area (Å²) in [4.78, 5) is 38.8. The van der Waals surface area contributed by atoms with E-state index < -0.39 is 11.7 Å². The Morgan fingerprint density at radius 1 is 1.00 bits per heavy atom. The molecule has 8 heteroatoms. The van der Waals surface area contributed by atoms with Crippen LogP contribution in [0.5, 0.6) is 5.75 Å². The number of hydrogen-bond donors (Lipinski definition) is 1. The Morgan fingerprint density at radius 2 is 1.70 bits per heavy atom. The van der Waals surface area contributed by atoms with E-state index in [0.29, 0.717) is 5.69 Å². The fourth-order valence-corrected chi connectivity index (χ4v) is 3.49. The summed E-state index contributed by atoms with van der Waals surface area (Å²) in [6.45, 7) is -0.519. The number of ketones is 1. The zero-order chi connectivity index (χ0) is 23.8. The maximum Gasteiger partial charge on any atom is 0.255 e. The highest BCUT2D eigenvalue weighted by atomic mass is 127. The minimum Gasteiger partial charge on any atom is -0.485 e. The van der Waals surface area contributed by atoms with Crippen molar-refractivity contribution in [2.75, 3.05) is 25.1 Å². The highest BCUT2D eigenvalue weighted by Crippen LogP contribution is 2.19. The average molecular weight is 560 g/mol. The van der Waals surface area contributed by atoms with Gasteiger partial charge in [-0.3, -0.25) is 14.4 Å². The molecule has 170 valence electrons. The van der Waals surface area contributed by atoms with E-state index in [4.69, 9.17) is 4.74 Å². The molecule has 0 radical (unpaired) electrons. The molecule has 0 aliphatic carbocycles. The van der Waals surface area contributed by atoms with E-state index in [1.165, 1.54) is 11.0 Å². The number of Topliss-reactive ketones (excluding diaryl/α,β-unsaturated/α-hetero) is 1. The van der Waals surface area contributed by atoms with Crippen molar-refractivity contribution in [3.05, 3.63) is 93.3 Å². The standard InChI is InChI=1S/C25H22FIN2O4/c1-29(19-7-3-2-4-8-19)24(31)15-28-25(32)21-9-5-6-10-23(21)33-16-20(30)13-17-11-12-18(27)14-22(17)26/h2-12,14H,13,15-16H2,1H3,(H,28,32). The van der Waals surface area contributed by atoms with Gasteiger partial charge in [0.1, 0.15) is 18.2 Å². The zero-order valence-electron chi connectivity index (χ0n) is 17.9. The number of nitrogens with one attached hydrogen (secondary N) is 1. The number of carbonyl (C=O) groups excluding carboxylic acids is 3. The molecule has 33 heavy (non-hydrogen) atoms. The molecule has 0 spiro atoms. The predicted molar refractivity (Wildman–Crippen MR) is 132 cm³/mol. The van der Waals surface area contributed by atoms with Crippen LogP contribution in [0.1, 0.15) is 15.9 Å². The van der Waals surface area contributed by atoms with Gasteiger partial charge in [-0.1, -0.05) is 36.4 Å². The normalized spacial score (nSPS) is 10.4. The Bertz CT molecular complexity index is 1150. The van der Waals surface area contributed by atoms with E-state index in [9.17, 15) is 18.8 Å². The minimum atomic E-state index is -0.503. The molecule has 3 aromatic rings. The molecule has 0 saturated heterocycles. The number of likely N-dealkylation sites (N-methyl/N-ethyl adjacent to an activating group) is 1. The summed E-state index contributed by atoms with van der Waals surface area (Å²) in [6.07, 6.45) is -0.114. The van der Waals surface area contributed by atoms with Crippen molar-refractivity contribution in [3.63, 3.8) is 0 Å². The summed E-state index contributed by atoms with van der Waals surface area (Å²) < 4.78 is 20.3. The van der Waals surface area contributed by atoms with Crippen molar-refractivity contribution in [3.8, 4) is 5.75 Å².